The number of ether oxygens (including phenoxy) is 2. The van der Waals surface area contributed by atoms with E-state index in [1.807, 2.05) is 0 Å². The van der Waals surface area contributed by atoms with Gasteiger partial charge in [-0.1, -0.05) is 29.4 Å². The summed E-state index contributed by atoms with van der Waals surface area (Å²) in [6, 6.07) is 7.86. The van der Waals surface area contributed by atoms with Crippen molar-refractivity contribution in [1.29, 1.82) is 0 Å². The number of hydrogen-bond donors (Lipinski definition) is 3. The van der Waals surface area contributed by atoms with Crippen LogP contribution in [-0.4, -0.2) is 46.7 Å². The molecule has 0 radical (unpaired) electrons. The van der Waals surface area contributed by atoms with Crippen LogP contribution in [0, 0.1) is 11.6 Å². The van der Waals surface area contributed by atoms with Crippen molar-refractivity contribution in [2.45, 2.75) is 6.61 Å². The first kappa shape index (κ1) is 20.9. The maximum atomic E-state index is 15.4. The van der Waals surface area contributed by atoms with Crippen molar-refractivity contribution < 1.29 is 27.9 Å². The monoisotopic (exact) mass is 431 g/mol. The fourth-order valence-corrected chi connectivity index (χ4v) is 3.26. The summed E-state index contributed by atoms with van der Waals surface area (Å²) in [6.07, 6.45) is 1.43. The minimum absolute atomic E-state index is 0.0405. The Kier molecular flexibility index (Phi) is 6.21. The summed E-state index contributed by atoms with van der Waals surface area (Å²) in [6.45, 7) is 1.26. The van der Waals surface area contributed by atoms with Gasteiger partial charge in [-0.2, -0.15) is 0 Å². The molecule has 8 nitrogen and oxygen atoms in total. The standard InChI is InChI=1S/C21H19F2N3O5/c22-15-9-16-18(14(10-24-16)20-25-21(28)31-26-20)19(23)17(15)13-3-1-12(2-4-13)11-30-8-7-29-6-5-27/h1-4,9-10,24,27H,5-8,11H2,(H,25,26,28). The van der Waals surface area contributed by atoms with Crippen LogP contribution < -0.4 is 5.76 Å². The van der Waals surface area contributed by atoms with Crippen LogP contribution in [0.25, 0.3) is 33.4 Å². The van der Waals surface area contributed by atoms with Gasteiger partial charge in [0.15, 0.2) is 5.82 Å². The Morgan fingerprint density at radius 3 is 2.58 bits per heavy atom. The Bertz CT molecular complexity index is 1230. The average Bonchev–Trinajstić information content (AvgIpc) is 3.37. The van der Waals surface area contributed by atoms with Crippen molar-refractivity contribution in [1.82, 2.24) is 15.1 Å². The van der Waals surface area contributed by atoms with Gasteiger partial charge in [-0.3, -0.25) is 9.51 Å². The van der Waals surface area contributed by atoms with Crippen LogP contribution in [0.2, 0.25) is 0 Å². The number of halogens is 2. The molecule has 0 amide bonds. The molecule has 2 heterocycles. The van der Waals surface area contributed by atoms with E-state index in [0.717, 1.165) is 5.56 Å². The molecule has 4 aromatic rings. The van der Waals surface area contributed by atoms with Crippen LogP contribution >= 0.6 is 0 Å². The number of aliphatic hydroxyl groups is 1. The summed E-state index contributed by atoms with van der Waals surface area (Å²) < 4.78 is 45.2. The third kappa shape index (κ3) is 4.41. The number of nitrogens with one attached hydrogen (secondary N) is 2. The van der Waals surface area contributed by atoms with Crippen LogP contribution in [0.4, 0.5) is 8.78 Å². The van der Waals surface area contributed by atoms with Crippen LogP contribution in [-0.2, 0) is 16.1 Å². The molecule has 0 aliphatic carbocycles. The average molecular weight is 431 g/mol. The molecule has 0 fully saturated rings. The van der Waals surface area contributed by atoms with E-state index < -0.39 is 17.4 Å². The fourth-order valence-electron chi connectivity index (χ4n) is 3.26. The summed E-state index contributed by atoms with van der Waals surface area (Å²) in [4.78, 5) is 16.4. The van der Waals surface area contributed by atoms with Crippen LogP contribution in [0.5, 0.6) is 0 Å². The van der Waals surface area contributed by atoms with Crippen molar-refractivity contribution in [3.63, 3.8) is 0 Å². The number of benzene rings is 2. The lowest BCUT2D eigenvalue weighted by molar-refractivity contribution is 0.0274. The molecule has 0 aliphatic rings. The molecule has 0 saturated carbocycles. The number of rotatable bonds is 9. The molecule has 0 unspecified atom stereocenters. The summed E-state index contributed by atoms with van der Waals surface area (Å²) in [5.74, 6) is -2.23. The van der Waals surface area contributed by atoms with E-state index in [-0.39, 0.29) is 41.1 Å². The summed E-state index contributed by atoms with van der Waals surface area (Å²) >= 11 is 0. The normalized spacial score (nSPS) is 11.5. The molecule has 31 heavy (non-hydrogen) atoms. The smallest absolute Gasteiger partial charge is 0.394 e. The number of aromatic nitrogens is 3. The first-order chi connectivity index (χ1) is 15.1. The molecule has 2 aromatic heterocycles. The van der Waals surface area contributed by atoms with Crippen LogP contribution in [0.1, 0.15) is 5.56 Å². The Morgan fingerprint density at radius 1 is 1.10 bits per heavy atom. The largest absolute Gasteiger partial charge is 0.439 e. The zero-order valence-electron chi connectivity index (χ0n) is 16.3. The van der Waals surface area contributed by atoms with E-state index in [9.17, 15) is 9.18 Å². The third-order valence-corrected chi connectivity index (χ3v) is 4.67. The highest BCUT2D eigenvalue weighted by atomic mass is 19.1. The minimum atomic E-state index is -0.778. The molecule has 0 aliphatic heterocycles. The van der Waals surface area contributed by atoms with Gasteiger partial charge in [0.05, 0.1) is 44.1 Å². The summed E-state index contributed by atoms with van der Waals surface area (Å²) in [5, 5.41) is 12.3. The minimum Gasteiger partial charge on any atom is -0.394 e. The Morgan fingerprint density at radius 2 is 1.87 bits per heavy atom. The Labute approximate surface area is 174 Å². The maximum Gasteiger partial charge on any atom is 0.439 e. The number of H-pyrrole nitrogens is 2. The van der Waals surface area contributed by atoms with Gasteiger partial charge in [-0.25, -0.2) is 13.6 Å². The molecular weight excluding hydrogens is 412 g/mol. The summed E-state index contributed by atoms with van der Waals surface area (Å²) in [7, 11) is 0. The molecule has 0 saturated heterocycles. The van der Waals surface area contributed by atoms with Gasteiger partial charge in [0.1, 0.15) is 11.6 Å². The molecular formula is C21H19F2N3O5. The lowest BCUT2D eigenvalue weighted by atomic mass is 9.99. The van der Waals surface area contributed by atoms with E-state index >= 15 is 4.39 Å². The molecule has 10 heteroatoms. The van der Waals surface area contributed by atoms with Crippen LogP contribution in [0.15, 0.2) is 45.8 Å². The molecule has 4 rings (SSSR count). The number of fused-ring (bicyclic) bond motifs is 1. The van der Waals surface area contributed by atoms with Gasteiger partial charge in [0.2, 0.25) is 0 Å². The van der Waals surface area contributed by atoms with E-state index in [2.05, 4.69) is 19.6 Å². The zero-order valence-corrected chi connectivity index (χ0v) is 16.3. The Hall–Kier alpha value is -3.34. The van der Waals surface area contributed by atoms with Gasteiger partial charge in [0, 0.05) is 17.1 Å². The van der Waals surface area contributed by atoms with Gasteiger partial charge in [0.25, 0.3) is 0 Å². The van der Waals surface area contributed by atoms with Crippen LogP contribution in [0.3, 0.4) is 0 Å². The lowest BCUT2D eigenvalue weighted by Crippen LogP contribution is -2.07. The van der Waals surface area contributed by atoms with E-state index in [1.54, 1.807) is 24.3 Å². The Balaban J connectivity index is 1.58. The van der Waals surface area contributed by atoms with Gasteiger partial charge in [-0.15, -0.1) is 0 Å². The predicted octanol–water partition coefficient (Wildman–Crippen LogP) is 2.98. The molecule has 162 valence electrons. The first-order valence-corrected chi connectivity index (χ1v) is 9.49. The van der Waals surface area contributed by atoms with E-state index in [0.29, 0.717) is 25.4 Å². The summed E-state index contributed by atoms with van der Waals surface area (Å²) in [5.41, 5.74) is 1.48. The highest BCUT2D eigenvalue weighted by molar-refractivity contribution is 5.97. The highest BCUT2D eigenvalue weighted by Gasteiger charge is 2.21. The zero-order chi connectivity index (χ0) is 21.8. The lowest BCUT2D eigenvalue weighted by Gasteiger charge is -2.09. The first-order valence-electron chi connectivity index (χ1n) is 9.49. The second-order valence-electron chi connectivity index (χ2n) is 6.70. The molecule has 2 aromatic carbocycles. The second-order valence-corrected chi connectivity index (χ2v) is 6.70. The van der Waals surface area contributed by atoms with Crippen molar-refractivity contribution in [3.8, 4) is 22.5 Å². The molecule has 0 atom stereocenters. The number of aromatic amines is 2. The van der Waals surface area contributed by atoms with Crippen molar-refractivity contribution in [2.75, 3.05) is 26.4 Å². The van der Waals surface area contributed by atoms with Crippen molar-refractivity contribution in [2.24, 2.45) is 0 Å². The van der Waals surface area contributed by atoms with E-state index in [1.165, 1.54) is 12.3 Å². The van der Waals surface area contributed by atoms with Crippen molar-refractivity contribution >= 4 is 10.9 Å². The quantitative estimate of drug-likeness (QED) is 0.351. The molecule has 3 N–H and O–H groups in total. The fraction of sp³-hybridized carbons (Fsp3) is 0.238. The topological polar surface area (TPSA) is 113 Å². The number of nitrogens with zero attached hydrogens (tertiary/aromatic N) is 1. The van der Waals surface area contributed by atoms with Gasteiger partial charge in [-0.05, 0) is 17.2 Å². The molecule has 0 spiro atoms. The van der Waals surface area contributed by atoms with Gasteiger partial charge < -0.3 is 19.6 Å². The van der Waals surface area contributed by atoms with Crippen molar-refractivity contribution in [3.05, 3.63) is 64.3 Å². The van der Waals surface area contributed by atoms with E-state index in [4.69, 9.17) is 14.6 Å². The third-order valence-electron chi connectivity index (χ3n) is 4.67. The SMILES string of the molecule is O=c1[nH]c(-c2c[nH]c3cc(F)c(-c4ccc(COCCOCCO)cc4)c(F)c23)no1. The predicted molar refractivity (Wildman–Crippen MR) is 107 cm³/mol. The second kappa shape index (κ2) is 9.21. The number of aliphatic hydroxyl groups excluding tert-OH is 1. The number of hydrogen-bond acceptors (Lipinski definition) is 6. The highest BCUT2D eigenvalue weighted by Crippen LogP contribution is 2.36. The maximum absolute atomic E-state index is 15.4. The van der Waals surface area contributed by atoms with Gasteiger partial charge >= 0.3 is 5.76 Å². The molecule has 0 bridgehead atoms.